The number of benzene rings is 1. The molecule has 3 heterocycles. The average Bonchev–Trinajstić information content (AvgIpc) is 3.46. The summed E-state index contributed by atoms with van der Waals surface area (Å²) in [7, 11) is 0. The number of halogens is 4. The Morgan fingerprint density at radius 2 is 2.06 bits per heavy atom. The van der Waals surface area contributed by atoms with Crippen LogP contribution in [0.5, 0.6) is 0 Å². The van der Waals surface area contributed by atoms with Gasteiger partial charge in [0.15, 0.2) is 5.69 Å². The normalized spacial score (nSPS) is 16.0. The topological polar surface area (TPSA) is 42.5 Å². The summed E-state index contributed by atoms with van der Waals surface area (Å²) in [5.41, 5.74) is 0.788. The summed E-state index contributed by atoms with van der Waals surface area (Å²) in [5, 5.41) is 4.19. The Bertz CT molecular complexity index is 1280. The van der Waals surface area contributed by atoms with E-state index in [1.54, 1.807) is 37.3 Å². The van der Waals surface area contributed by atoms with Crippen molar-refractivity contribution in [3.8, 4) is 11.1 Å². The van der Waals surface area contributed by atoms with Gasteiger partial charge in [0, 0.05) is 41.7 Å². The number of fused-ring (bicyclic) bond motifs is 1. The molecule has 34 heavy (non-hydrogen) atoms. The lowest BCUT2D eigenvalue weighted by Gasteiger charge is -2.34. The standard InChI is InChI=1S/C24H20F4N4OS/c1-3-32-13-19(23(30-32)24(26,27)28)16-8-5-4-7-15(16)18-12-31(22(33)9-6-10-25)14-20-17(18)11-21(29-2)34-20/h4-9,11,13,18H,3,10,12,14H2,1H3/b9-6+/t18-/m0/s1. The maximum Gasteiger partial charge on any atom is 0.435 e. The fraction of sp³-hybridized carbons (Fsp3) is 0.292. The van der Waals surface area contributed by atoms with Crippen LogP contribution < -0.4 is 0 Å². The van der Waals surface area contributed by atoms with Crippen LogP contribution in [0.25, 0.3) is 16.0 Å². The number of thiophene rings is 1. The molecule has 0 saturated carbocycles. The Hall–Kier alpha value is -3.45. The predicted molar refractivity (Wildman–Crippen MR) is 121 cm³/mol. The first-order valence-electron chi connectivity index (χ1n) is 10.5. The van der Waals surface area contributed by atoms with Gasteiger partial charge in [-0.05, 0) is 35.8 Å². The van der Waals surface area contributed by atoms with Gasteiger partial charge >= 0.3 is 6.18 Å². The number of hydrogen-bond acceptors (Lipinski definition) is 3. The number of rotatable bonds is 5. The van der Waals surface area contributed by atoms with E-state index in [4.69, 9.17) is 6.57 Å². The van der Waals surface area contributed by atoms with E-state index in [0.29, 0.717) is 16.1 Å². The summed E-state index contributed by atoms with van der Waals surface area (Å²) < 4.78 is 55.3. The molecule has 2 aromatic heterocycles. The van der Waals surface area contributed by atoms with E-state index in [-0.39, 0.29) is 25.2 Å². The number of aromatic nitrogens is 2. The van der Waals surface area contributed by atoms with E-state index in [0.717, 1.165) is 22.6 Å². The van der Waals surface area contributed by atoms with E-state index in [2.05, 4.69) is 9.94 Å². The highest BCUT2D eigenvalue weighted by Crippen LogP contribution is 2.45. The zero-order chi connectivity index (χ0) is 24.5. The number of carbonyl (C=O) groups excluding carboxylic acids is 1. The maximum atomic E-state index is 13.8. The minimum atomic E-state index is -4.64. The molecule has 1 aliphatic rings. The minimum absolute atomic E-state index is 0.0343. The zero-order valence-corrected chi connectivity index (χ0v) is 19.0. The van der Waals surface area contributed by atoms with Gasteiger partial charge in [-0.1, -0.05) is 24.3 Å². The van der Waals surface area contributed by atoms with Crippen molar-refractivity contribution in [2.24, 2.45) is 0 Å². The first-order chi connectivity index (χ1) is 16.3. The Morgan fingerprint density at radius 1 is 1.29 bits per heavy atom. The molecule has 1 amide bonds. The summed E-state index contributed by atoms with van der Waals surface area (Å²) >= 11 is 1.25. The average molecular weight is 489 g/mol. The van der Waals surface area contributed by atoms with Gasteiger partial charge in [-0.3, -0.25) is 9.48 Å². The van der Waals surface area contributed by atoms with E-state index in [9.17, 15) is 22.4 Å². The third kappa shape index (κ3) is 4.48. The summed E-state index contributed by atoms with van der Waals surface area (Å²) in [6.45, 7) is 9.04. The van der Waals surface area contributed by atoms with Crippen LogP contribution >= 0.6 is 11.3 Å². The van der Waals surface area contributed by atoms with Crippen LogP contribution in [0.1, 0.15) is 34.5 Å². The molecule has 1 atom stereocenters. The molecule has 0 bridgehead atoms. The van der Waals surface area contributed by atoms with Crippen molar-refractivity contribution in [3.05, 3.63) is 81.8 Å². The van der Waals surface area contributed by atoms with Crippen LogP contribution in [0.15, 0.2) is 48.7 Å². The summed E-state index contributed by atoms with van der Waals surface area (Å²) in [6, 6.07) is 8.51. The molecule has 3 aromatic rings. The van der Waals surface area contributed by atoms with Gasteiger partial charge < -0.3 is 4.90 Å². The third-order valence-corrected chi connectivity index (χ3v) is 6.72. The van der Waals surface area contributed by atoms with Gasteiger partial charge in [-0.25, -0.2) is 9.24 Å². The van der Waals surface area contributed by atoms with Crippen molar-refractivity contribution in [1.82, 2.24) is 14.7 Å². The molecule has 1 aromatic carbocycles. The van der Waals surface area contributed by atoms with Gasteiger partial charge in [0.05, 0.1) is 13.1 Å². The monoisotopic (exact) mass is 488 g/mol. The van der Waals surface area contributed by atoms with Gasteiger partial charge in [-0.2, -0.15) is 29.6 Å². The Kier molecular flexibility index (Phi) is 6.57. The predicted octanol–water partition coefficient (Wildman–Crippen LogP) is 6.20. The molecule has 10 heteroatoms. The first-order valence-corrected chi connectivity index (χ1v) is 11.3. The number of carbonyl (C=O) groups is 1. The number of alkyl halides is 4. The molecule has 5 nitrogen and oxygen atoms in total. The second-order valence-corrected chi connectivity index (χ2v) is 8.85. The highest BCUT2D eigenvalue weighted by atomic mass is 32.1. The summed E-state index contributed by atoms with van der Waals surface area (Å²) in [6.07, 6.45) is -0.977. The first kappa shape index (κ1) is 23.7. The molecule has 4 rings (SSSR count). The maximum absolute atomic E-state index is 13.8. The van der Waals surface area contributed by atoms with Crippen LogP contribution in [-0.4, -0.2) is 33.8 Å². The fourth-order valence-electron chi connectivity index (χ4n) is 4.18. The van der Waals surface area contributed by atoms with Crippen molar-refractivity contribution in [2.75, 3.05) is 13.2 Å². The third-order valence-electron chi connectivity index (χ3n) is 5.69. The van der Waals surface area contributed by atoms with Crippen molar-refractivity contribution in [1.29, 1.82) is 0 Å². The van der Waals surface area contributed by atoms with Crippen LogP contribution in [-0.2, 0) is 24.1 Å². The lowest BCUT2D eigenvalue weighted by atomic mass is 9.84. The Labute approximate surface area is 197 Å². The molecule has 0 radical (unpaired) electrons. The largest absolute Gasteiger partial charge is 0.435 e. The van der Waals surface area contributed by atoms with Gasteiger partial charge in [0.2, 0.25) is 10.9 Å². The molecule has 0 saturated heterocycles. The number of hydrogen-bond donors (Lipinski definition) is 0. The Morgan fingerprint density at radius 3 is 2.74 bits per heavy atom. The molecule has 0 aliphatic carbocycles. The van der Waals surface area contributed by atoms with Crippen LogP contribution in [0.4, 0.5) is 22.6 Å². The lowest BCUT2D eigenvalue weighted by molar-refractivity contribution is -0.141. The minimum Gasteiger partial charge on any atom is -0.333 e. The lowest BCUT2D eigenvalue weighted by Crippen LogP contribution is -2.37. The van der Waals surface area contributed by atoms with Crippen molar-refractivity contribution in [3.63, 3.8) is 0 Å². The molecular formula is C24H20F4N4OS. The van der Waals surface area contributed by atoms with E-state index >= 15 is 0 Å². The smallest absolute Gasteiger partial charge is 0.333 e. The van der Waals surface area contributed by atoms with Crippen molar-refractivity contribution in [2.45, 2.75) is 32.1 Å². The number of nitrogens with zero attached hydrogens (tertiary/aromatic N) is 4. The van der Waals surface area contributed by atoms with Crippen LogP contribution in [0.2, 0.25) is 0 Å². The molecule has 0 N–H and O–H groups in total. The van der Waals surface area contributed by atoms with Crippen LogP contribution in [0, 0.1) is 6.57 Å². The van der Waals surface area contributed by atoms with Crippen LogP contribution in [0.3, 0.4) is 0 Å². The number of allylic oxidation sites excluding steroid dienone is 1. The summed E-state index contributed by atoms with van der Waals surface area (Å²) in [4.78, 5) is 18.5. The second-order valence-electron chi connectivity index (χ2n) is 7.74. The molecule has 176 valence electrons. The second kappa shape index (κ2) is 9.43. The number of amides is 1. The Balaban J connectivity index is 1.87. The summed E-state index contributed by atoms with van der Waals surface area (Å²) in [5.74, 6) is -0.848. The molecular weight excluding hydrogens is 468 g/mol. The van der Waals surface area contributed by atoms with E-state index in [1.165, 1.54) is 27.1 Å². The molecule has 0 unspecified atom stereocenters. The van der Waals surface area contributed by atoms with E-state index in [1.807, 2.05) is 0 Å². The molecule has 1 aliphatic heterocycles. The quantitative estimate of drug-likeness (QED) is 0.244. The van der Waals surface area contributed by atoms with E-state index < -0.39 is 30.4 Å². The SMILES string of the molecule is [C-]#[N+]c1cc2c(s1)CN(C(=O)/C=C/CF)C[C@H]2c1ccccc1-c1cn(CC)nc1C(F)(F)F. The van der Waals surface area contributed by atoms with Crippen molar-refractivity contribution >= 4 is 22.2 Å². The fourth-order valence-corrected chi connectivity index (χ4v) is 5.20. The highest BCUT2D eigenvalue weighted by molar-refractivity contribution is 7.16. The van der Waals surface area contributed by atoms with Gasteiger partial charge in [0.1, 0.15) is 6.67 Å². The van der Waals surface area contributed by atoms with Gasteiger partial charge in [-0.15, -0.1) is 0 Å². The van der Waals surface area contributed by atoms with Crippen molar-refractivity contribution < 1.29 is 22.4 Å². The number of aryl methyl sites for hydroxylation is 1. The molecule has 0 fully saturated rings. The molecule has 0 spiro atoms. The highest BCUT2D eigenvalue weighted by Gasteiger charge is 2.39. The van der Waals surface area contributed by atoms with Gasteiger partial charge in [0.25, 0.3) is 0 Å². The zero-order valence-electron chi connectivity index (χ0n) is 18.1.